The van der Waals surface area contributed by atoms with Crippen LogP contribution in [0.1, 0.15) is 10.4 Å². The number of rotatable bonds is 5. The van der Waals surface area contributed by atoms with Crippen LogP contribution in [0.5, 0.6) is 5.75 Å². The number of hydrogen-bond donors (Lipinski definition) is 2. The molecule has 2 rings (SSSR count). The number of nitrogens with two attached hydrogens (primary N) is 1. The molecule has 110 valence electrons. The van der Waals surface area contributed by atoms with Gasteiger partial charge in [0.2, 0.25) is 0 Å². The van der Waals surface area contributed by atoms with Crippen molar-refractivity contribution >= 4 is 45.8 Å². The normalized spacial score (nSPS) is 10.2. The number of nitrogen functional groups attached to an aromatic ring is 1. The van der Waals surface area contributed by atoms with Crippen molar-refractivity contribution < 1.29 is 9.53 Å². The summed E-state index contributed by atoms with van der Waals surface area (Å²) in [6.07, 6.45) is 0. The van der Waals surface area contributed by atoms with Gasteiger partial charge in [-0.1, -0.05) is 11.6 Å². The first-order valence-electron chi connectivity index (χ1n) is 6.28. The van der Waals surface area contributed by atoms with Crippen LogP contribution in [0.4, 0.5) is 5.69 Å². The maximum atomic E-state index is 11.9. The van der Waals surface area contributed by atoms with Gasteiger partial charge in [0.05, 0.1) is 11.6 Å². The van der Waals surface area contributed by atoms with E-state index in [1.807, 2.05) is 6.07 Å². The lowest BCUT2D eigenvalue weighted by atomic mass is 10.2. The van der Waals surface area contributed by atoms with Crippen LogP contribution in [0, 0.1) is 3.57 Å². The predicted molar refractivity (Wildman–Crippen MR) is 92.9 cm³/mol. The maximum absolute atomic E-state index is 11.9. The Kier molecular flexibility index (Phi) is 5.69. The molecule has 0 aliphatic carbocycles. The van der Waals surface area contributed by atoms with E-state index in [0.29, 0.717) is 29.4 Å². The monoisotopic (exact) mass is 416 g/mol. The van der Waals surface area contributed by atoms with Crippen molar-refractivity contribution in [1.82, 2.24) is 5.32 Å². The minimum atomic E-state index is -0.172. The standard InChI is InChI=1S/C15H14ClIN2O2/c16-13-9-10(1-6-14(13)17)15(20)19-7-8-21-12-4-2-11(18)3-5-12/h1-6,9H,7-8,18H2,(H,19,20). The van der Waals surface area contributed by atoms with Crippen molar-refractivity contribution in [3.8, 4) is 5.75 Å². The van der Waals surface area contributed by atoms with Gasteiger partial charge in [-0.2, -0.15) is 0 Å². The van der Waals surface area contributed by atoms with Gasteiger partial charge in [-0.15, -0.1) is 0 Å². The van der Waals surface area contributed by atoms with Gasteiger partial charge in [-0.3, -0.25) is 4.79 Å². The third kappa shape index (κ3) is 4.78. The molecule has 2 aromatic carbocycles. The lowest BCUT2D eigenvalue weighted by Crippen LogP contribution is -2.28. The molecule has 0 aliphatic heterocycles. The number of hydrogen-bond acceptors (Lipinski definition) is 3. The van der Waals surface area contributed by atoms with E-state index in [-0.39, 0.29) is 5.91 Å². The Hall–Kier alpha value is -1.47. The van der Waals surface area contributed by atoms with Crippen LogP contribution < -0.4 is 15.8 Å². The van der Waals surface area contributed by atoms with Crippen molar-refractivity contribution in [3.63, 3.8) is 0 Å². The predicted octanol–water partition coefficient (Wildman–Crippen LogP) is 3.34. The zero-order chi connectivity index (χ0) is 15.2. The second-order valence-corrected chi connectivity index (χ2v) is 5.87. The Morgan fingerprint density at radius 1 is 1.24 bits per heavy atom. The zero-order valence-corrected chi connectivity index (χ0v) is 14.0. The molecule has 0 aliphatic rings. The second kappa shape index (κ2) is 7.51. The van der Waals surface area contributed by atoms with Gasteiger partial charge >= 0.3 is 0 Å². The highest BCUT2D eigenvalue weighted by Crippen LogP contribution is 2.19. The van der Waals surface area contributed by atoms with Gasteiger partial charge in [0.15, 0.2) is 0 Å². The summed E-state index contributed by atoms with van der Waals surface area (Å²) in [5.41, 5.74) is 6.81. The molecule has 0 atom stereocenters. The summed E-state index contributed by atoms with van der Waals surface area (Å²) in [5, 5.41) is 3.35. The van der Waals surface area contributed by atoms with Gasteiger partial charge in [0.25, 0.3) is 5.91 Å². The zero-order valence-electron chi connectivity index (χ0n) is 11.1. The molecule has 0 radical (unpaired) electrons. The Balaban J connectivity index is 1.79. The van der Waals surface area contributed by atoms with Crippen molar-refractivity contribution in [2.75, 3.05) is 18.9 Å². The van der Waals surface area contributed by atoms with Crippen LogP contribution in [0.2, 0.25) is 5.02 Å². The number of carbonyl (C=O) groups excluding carboxylic acids is 1. The highest BCUT2D eigenvalue weighted by Gasteiger charge is 2.07. The summed E-state index contributed by atoms with van der Waals surface area (Å²) in [5.74, 6) is 0.546. The molecule has 0 bridgehead atoms. The van der Waals surface area contributed by atoms with E-state index in [1.165, 1.54) is 0 Å². The molecule has 21 heavy (non-hydrogen) atoms. The fourth-order valence-electron chi connectivity index (χ4n) is 1.64. The molecule has 2 aromatic rings. The van der Waals surface area contributed by atoms with Crippen LogP contribution in [-0.2, 0) is 0 Å². The molecule has 0 spiro atoms. The minimum absolute atomic E-state index is 0.172. The number of anilines is 1. The number of nitrogens with one attached hydrogen (secondary N) is 1. The number of carbonyl (C=O) groups is 1. The maximum Gasteiger partial charge on any atom is 0.251 e. The van der Waals surface area contributed by atoms with Gasteiger partial charge in [-0.25, -0.2) is 0 Å². The van der Waals surface area contributed by atoms with Gasteiger partial charge in [0.1, 0.15) is 12.4 Å². The van der Waals surface area contributed by atoms with Crippen molar-refractivity contribution in [2.45, 2.75) is 0 Å². The molecule has 0 saturated carbocycles. The Bertz CT molecular complexity index is 632. The van der Waals surface area contributed by atoms with Crippen molar-refractivity contribution in [1.29, 1.82) is 0 Å². The molecule has 0 aromatic heterocycles. The first-order valence-corrected chi connectivity index (χ1v) is 7.73. The van der Waals surface area contributed by atoms with Crippen LogP contribution in [0.15, 0.2) is 42.5 Å². The Morgan fingerprint density at radius 3 is 2.62 bits per heavy atom. The minimum Gasteiger partial charge on any atom is -0.492 e. The van der Waals surface area contributed by atoms with E-state index in [0.717, 1.165) is 9.32 Å². The Morgan fingerprint density at radius 2 is 1.95 bits per heavy atom. The SMILES string of the molecule is Nc1ccc(OCCNC(=O)c2ccc(I)c(Cl)c2)cc1. The highest BCUT2D eigenvalue weighted by atomic mass is 127. The Labute approximate surface area is 141 Å². The quantitative estimate of drug-likeness (QED) is 0.446. The first kappa shape index (κ1) is 15.9. The molecular formula is C15H14ClIN2O2. The van der Waals surface area contributed by atoms with E-state index in [9.17, 15) is 4.79 Å². The summed E-state index contributed by atoms with van der Waals surface area (Å²) < 4.78 is 6.41. The summed E-state index contributed by atoms with van der Waals surface area (Å²) in [7, 11) is 0. The summed E-state index contributed by atoms with van der Waals surface area (Å²) in [6, 6.07) is 12.3. The average molecular weight is 417 g/mol. The fourth-order valence-corrected chi connectivity index (χ4v) is 2.15. The van der Waals surface area contributed by atoms with E-state index in [4.69, 9.17) is 22.1 Å². The second-order valence-electron chi connectivity index (χ2n) is 4.30. The molecule has 0 fully saturated rings. The summed E-state index contributed by atoms with van der Waals surface area (Å²) >= 11 is 8.10. The van der Waals surface area contributed by atoms with Crippen LogP contribution in [-0.4, -0.2) is 19.1 Å². The van der Waals surface area contributed by atoms with Crippen LogP contribution in [0.25, 0.3) is 0 Å². The third-order valence-electron chi connectivity index (χ3n) is 2.72. The van der Waals surface area contributed by atoms with Crippen LogP contribution in [0.3, 0.4) is 0 Å². The molecule has 0 heterocycles. The number of halogens is 2. The first-order chi connectivity index (χ1) is 10.1. The molecule has 3 N–H and O–H groups in total. The average Bonchev–Trinajstić information content (AvgIpc) is 2.48. The molecule has 6 heteroatoms. The fraction of sp³-hybridized carbons (Fsp3) is 0.133. The summed E-state index contributed by atoms with van der Waals surface area (Å²) in [6.45, 7) is 0.792. The number of ether oxygens (including phenoxy) is 1. The largest absolute Gasteiger partial charge is 0.492 e. The lowest BCUT2D eigenvalue weighted by Gasteiger charge is -2.08. The van der Waals surface area contributed by atoms with Crippen molar-refractivity contribution in [2.24, 2.45) is 0 Å². The van der Waals surface area contributed by atoms with E-state index < -0.39 is 0 Å². The van der Waals surface area contributed by atoms with Crippen LogP contribution >= 0.6 is 34.2 Å². The molecule has 4 nitrogen and oxygen atoms in total. The lowest BCUT2D eigenvalue weighted by molar-refractivity contribution is 0.0947. The van der Waals surface area contributed by atoms with Gasteiger partial charge < -0.3 is 15.8 Å². The molecular weight excluding hydrogens is 403 g/mol. The third-order valence-corrected chi connectivity index (χ3v) is 4.29. The number of benzene rings is 2. The van der Waals surface area contributed by atoms with E-state index in [2.05, 4.69) is 27.9 Å². The molecule has 0 saturated heterocycles. The number of amides is 1. The smallest absolute Gasteiger partial charge is 0.251 e. The summed E-state index contributed by atoms with van der Waals surface area (Å²) in [4.78, 5) is 11.9. The van der Waals surface area contributed by atoms with Gasteiger partial charge in [-0.05, 0) is 65.1 Å². The molecule has 1 amide bonds. The van der Waals surface area contributed by atoms with E-state index in [1.54, 1.807) is 36.4 Å². The van der Waals surface area contributed by atoms with Crippen molar-refractivity contribution in [3.05, 3.63) is 56.6 Å². The molecule has 0 unspecified atom stereocenters. The topological polar surface area (TPSA) is 64.3 Å². The highest BCUT2D eigenvalue weighted by molar-refractivity contribution is 14.1. The van der Waals surface area contributed by atoms with E-state index >= 15 is 0 Å². The van der Waals surface area contributed by atoms with Gasteiger partial charge in [0, 0.05) is 14.8 Å².